The summed E-state index contributed by atoms with van der Waals surface area (Å²) in [6.45, 7) is 2.88. The molecular formula is C16H20N4O2. The maximum Gasteiger partial charge on any atom is 0.225 e. The Bertz CT molecular complexity index is 578. The lowest BCUT2D eigenvalue weighted by Gasteiger charge is -2.25. The van der Waals surface area contributed by atoms with Crippen molar-refractivity contribution < 1.29 is 9.53 Å². The number of carbonyl (C=O) groups is 1. The molecule has 1 aromatic heterocycles. The summed E-state index contributed by atoms with van der Waals surface area (Å²) in [7, 11) is 0. The van der Waals surface area contributed by atoms with Crippen LogP contribution in [0.25, 0.3) is 0 Å². The molecule has 116 valence electrons. The van der Waals surface area contributed by atoms with Gasteiger partial charge in [-0.05, 0) is 25.3 Å². The molecule has 0 radical (unpaired) electrons. The van der Waals surface area contributed by atoms with Gasteiger partial charge in [-0.2, -0.15) is 5.26 Å². The molecule has 2 saturated heterocycles. The summed E-state index contributed by atoms with van der Waals surface area (Å²) >= 11 is 0. The van der Waals surface area contributed by atoms with Gasteiger partial charge < -0.3 is 15.0 Å². The summed E-state index contributed by atoms with van der Waals surface area (Å²) < 4.78 is 5.31. The van der Waals surface area contributed by atoms with Gasteiger partial charge in [-0.1, -0.05) is 0 Å². The predicted molar refractivity (Wildman–Crippen MR) is 81.3 cm³/mol. The Hall–Kier alpha value is -2.13. The molecule has 2 fully saturated rings. The fourth-order valence-electron chi connectivity index (χ4n) is 3.09. The molecule has 22 heavy (non-hydrogen) atoms. The standard InChI is InChI=1S/C16H20N4O2/c17-9-12-1-5-18-10-15(12)20-6-2-13(11-20)16(21)19-14-3-7-22-8-4-14/h1,5,10,13-14H,2-4,6-8,11H2,(H,19,21). The largest absolute Gasteiger partial charge is 0.381 e. The SMILES string of the molecule is N#Cc1ccncc1N1CCC(C(=O)NC2CCOCC2)C1. The fourth-order valence-corrected chi connectivity index (χ4v) is 3.09. The molecule has 2 aliphatic rings. The number of rotatable bonds is 3. The van der Waals surface area contributed by atoms with Crippen LogP contribution in [0.15, 0.2) is 18.5 Å². The molecule has 1 amide bonds. The topological polar surface area (TPSA) is 78.2 Å². The smallest absolute Gasteiger partial charge is 0.225 e. The van der Waals surface area contributed by atoms with Gasteiger partial charge in [-0.3, -0.25) is 9.78 Å². The summed E-state index contributed by atoms with van der Waals surface area (Å²) in [5.41, 5.74) is 1.44. The zero-order valence-electron chi connectivity index (χ0n) is 12.5. The summed E-state index contributed by atoms with van der Waals surface area (Å²) in [6, 6.07) is 4.14. The Morgan fingerprint density at radius 2 is 2.23 bits per heavy atom. The zero-order valence-corrected chi connectivity index (χ0v) is 12.5. The Labute approximate surface area is 130 Å². The zero-order chi connectivity index (χ0) is 15.4. The normalized spacial score (nSPS) is 22.3. The van der Waals surface area contributed by atoms with Crippen molar-refractivity contribution in [2.45, 2.75) is 25.3 Å². The molecule has 2 aliphatic heterocycles. The predicted octanol–water partition coefficient (Wildman–Crippen LogP) is 1.07. The first-order chi connectivity index (χ1) is 10.8. The first-order valence-corrected chi connectivity index (χ1v) is 7.75. The van der Waals surface area contributed by atoms with Crippen LogP contribution in [0, 0.1) is 17.2 Å². The van der Waals surface area contributed by atoms with Gasteiger partial charge in [-0.25, -0.2) is 0 Å². The number of aromatic nitrogens is 1. The molecule has 0 saturated carbocycles. The van der Waals surface area contributed by atoms with E-state index in [2.05, 4.69) is 21.3 Å². The lowest BCUT2D eigenvalue weighted by molar-refractivity contribution is -0.125. The number of anilines is 1. The van der Waals surface area contributed by atoms with Gasteiger partial charge in [0.25, 0.3) is 0 Å². The molecule has 0 aromatic carbocycles. The van der Waals surface area contributed by atoms with Crippen molar-refractivity contribution in [1.82, 2.24) is 10.3 Å². The number of nitrogens with one attached hydrogen (secondary N) is 1. The number of ether oxygens (including phenoxy) is 1. The van der Waals surface area contributed by atoms with Crippen molar-refractivity contribution in [3.05, 3.63) is 24.0 Å². The minimum atomic E-state index is -0.0189. The molecule has 1 unspecified atom stereocenters. The van der Waals surface area contributed by atoms with Gasteiger partial charge >= 0.3 is 0 Å². The number of hydrogen-bond donors (Lipinski definition) is 1. The summed E-state index contributed by atoms with van der Waals surface area (Å²) in [6.07, 6.45) is 5.92. The maximum absolute atomic E-state index is 12.4. The third-order valence-electron chi connectivity index (χ3n) is 4.39. The van der Waals surface area contributed by atoms with E-state index in [9.17, 15) is 10.1 Å². The van der Waals surface area contributed by atoms with E-state index in [-0.39, 0.29) is 17.9 Å². The maximum atomic E-state index is 12.4. The van der Waals surface area contributed by atoms with Gasteiger partial charge in [0.1, 0.15) is 6.07 Å². The van der Waals surface area contributed by atoms with Gasteiger partial charge in [0.2, 0.25) is 5.91 Å². The second kappa shape index (κ2) is 6.75. The van der Waals surface area contributed by atoms with Crippen LogP contribution in [-0.2, 0) is 9.53 Å². The van der Waals surface area contributed by atoms with Crippen LogP contribution in [0.4, 0.5) is 5.69 Å². The lowest BCUT2D eigenvalue weighted by Crippen LogP contribution is -2.42. The molecule has 3 heterocycles. The Morgan fingerprint density at radius 1 is 1.41 bits per heavy atom. The van der Waals surface area contributed by atoms with Crippen molar-refractivity contribution in [1.29, 1.82) is 5.26 Å². The first-order valence-electron chi connectivity index (χ1n) is 7.75. The third-order valence-corrected chi connectivity index (χ3v) is 4.39. The molecule has 0 bridgehead atoms. The van der Waals surface area contributed by atoms with Crippen LogP contribution in [0.5, 0.6) is 0 Å². The van der Waals surface area contributed by atoms with Gasteiger partial charge in [0.05, 0.1) is 23.4 Å². The fraction of sp³-hybridized carbons (Fsp3) is 0.562. The summed E-state index contributed by atoms with van der Waals surface area (Å²) in [5, 5.41) is 12.3. The number of nitriles is 1. The van der Waals surface area contributed by atoms with E-state index in [0.717, 1.165) is 44.7 Å². The number of carbonyl (C=O) groups excluding carboxylic acids is 1. The molecule has 6 heteroatoms. The van der Waals surface area contributed by atoms with E-state index in [4.69, 9.17) is 4.74 Å². The highest BCUT2D eigenvalue weighted by atomic mass is 16.5. The third kappa shape index (κ3) is 3.20. The Kier molecular flexibility index (Phi) is 4.54. The van der Waals surface area contributed by atoms with Crippen LogP contribution in [0.1, 0.15) is 24.8 Å². The highest BCUT2D eigenvalue weighted by molar-refractivity contribution is 5.80. The molecule has 1 atom stereocenters. The van der Waals surface area contributed by atoms with Crippen molar-refractivity contribution in [3.8, 4) is 6.07 Å². The van der Waals surface area contributed by atoms with Crippen molar-refractivity contribution in [2.24, 2.45) is 5.92 Å². The molecule has 0 aliphatic carbocycles. The number of amides is 1. The molecule has 0 spiro atoms. The van der Waals surface area contributed by atoms with Crippen LogP contribution < -0.4 is 10.2 Å². The molecule has 1 N–H and O–H groups in total. The number of nitrogens with zero attached hydrogens (tertiary/aromatic N) is 3. The van der Waals surface area contributed by atoms with E-state index >= 15 is 0 Å². The summed E-state index contributed by atoms with van der Waals surface area (Å²) in [5.74, 6) is 0.103. The summed E-state index contributed by atoms with van der Waals surface area (Å²) in [4.78, 5) is 18.6. The van der Waals surface area contributed by atoms with Gasteiger partial charge in [0.15, 0.2) is 0 Å². The van der Waals surface area contributed by atoms with Crippen molar-refractivity contribution >= 4 is 11.6 Å². The highest BCUT2D eigenvalue weighted by Gasteiger charge is 2.31. The van der Waals surface area contributed by atoms with E-state index in [1.165, 1.54) is 0 Å². The monoisotopic (exact) mass is 300 g/mol. The number of pyridine rings is 1. The van der Waals surface area contributed by atoms with Crippen molar-refractivity contribution in [2.75, 3.05) is 31.2 Å². The van der Waals surface area contributed by atoms with E-state index in [1.807, 2.05) is 0 Å². The molecule has 1 aromatic rings. The molecule has 6 nitrogen and oxygen atoms in total. The minimum absolute atomic E-state index is 0.0189. The van der Waals surface area contributed by atoms with E-state index in [1.54, 1.807) is 18.5 Å². The van der Waals surface area contributed by atoms with Crippen LogP contribution in [0.2, 0.25) is 0 Å². The van der Waals surface area contributed by atoms with E-state index < -0.39 is 0 Å². The lowest BCUT2D eigenvalue weighted by atomic mass is 10.1. The molecular weight excluding hydrogens is 280 g/mol. The van der Waals surface area contributed by atoms with Gasteiger partial charge in [0, 0.05) is 38.5 Å². The second-order valence-electron chi connectivity index (χ2n) is 5.83. The molecule has 3 rings (SSSR count). The average molecular weight is 300 g/mol. The van der Waals surface area contributed by atoms with Gasteiger partial charge in [-0.15, -0.1) is 0 Å². The Morgan fingerprint density at radius 3 is 3.00 bits per heavy atom. The van der Waals surface area contributed by atoms with Crippen molar-refractivity contribution in [3.63, 3.8) is 0 Å². The average Bonchev–Trinajstić information content (AvgIpc) is 3.05. The van der Waals surface area contributed by atoms with Crippen LogP contribution >= 0.6 is 0 Å². The highest BCUT2D eigenvalue weighted by Crippen LogP contribution is 2.26. The van der Waals surface area contributed by atoms with E-state index in [0.29, 0.717) is 12.1 Å². The quantitative estimate of drug-likeness (QED) is 0.903. The minimum Gasteiger partial charge on any atom is -0.381 e. The number of hydrogen-bond acceptors (Lipinski definition) is 5. The van der Waals surface area contributed by atoms with Crippen LogP contribution in [0.3, 0.4) is 0 Å². The second-order valence-corrected chi connectivity index (χ2v) is 5.83. The van der Waals surface area contributed by atoms with Crippen LogP contribution in [-0.4, -0.2) is 43.2 Å². The first kappa shape index (κ1) is 14.8. The Balaban J connectivity index is 1.59.